The molecule has 4 nitrogen and oxygen atoms in total. The maximum atomic E-state index is 12.5. The molecule has 3 aliphatic rings. The summed E-state index contributed by atoms with van der Waals surface area (Å²) in [6.07, 6.45) is 5.76. The van der Waals surface area contributed by atoms with Crippen molar-refractivity contribution in [2.24, 2.45) is 0 Å². The molecule has 0 radical (unpaired) electrons. The van der Waals surface area contributed by atoms with Gasteiger partial charge in [-0.3, -0.25) is 4.79 Å². The fourth-order valence-electron chi connectivity index (χ4n) is 3.24. The third-order valence-electron chi connectivity index (χ3n) is 4.48. The molecule has 1 amide bonds. The highest BCUT2D eigenvalue weighted by Gasteiger charge is 2.30. The first kappa shape index (κ1) is 14.1. The van der Waals surface area contributed by atoms with E-state index in [1.807, 2.05) is 35.2 Å². The summed E-state index contributed by atoms with van der Waals surface area (Å²) >= 11 is 0. The van der Waals surface area contributed by atoms with Crippen LogP contribution in [0.2, 0.25) is 0 Å². The molecule has 3 aliphatic heterocycles. The Kier molecular flexibility index (Phi) is 4.25. The van der Waals surface area contributed by atoms with Crippen molar-refractivity contribution in [3.8, 4) is 5.75 Å². The van der Waals surface area contributed by atoms with E-state index in [2.05, 4.69) is 4.90 Å². The zero-order valence-electron chi connectivity index (χ0n) is 12.5. The fourth-order valence-corrected chi connectivity index (χ4v) is 3.24. The van der Waals surface area contributed by atoms with Gasteiger partial charge in [-0.25, -0.2) is 0 Å². The Morgan fingerprint density at radius 2 is 1.95 bits per heavy atom. The molecule has 3 saturated heterocycles. The quantitative estimate of drug-likeness (QED) is 0.797. The number of fused-ring (bicyclic) bond motifs is 4. The summed E-state index contributed by atoms with van der Waals surface area (Å²) < 4.78 is 5.31. The molecule has 0 N–H and O–H groups in total. The SMILES string of the molecule is COc1ccccc1/C=C/C(=O)N1CCN2CCC1CC2. The highest BCUT2D eigenvalue weighted by molar-refractivity contribution is 5.92. The number of para-hydroxylation sites is 1. The number of hydrogen-bond acceptors (Lipinski definition) is 3. The van der Waals surface area contributed by atoms with Crippen molar-refractivity contribution in [3.05, 3.63) is 35.9 Å². The van der Waals surface area contributed by atoms with Gasteiger partial charge >= 0.3 is 0 Å². The van der Waals surface area contributed by atoms with Gasteiger partial charge in [0.25, 0.3) is 0 Å². The summed E-state index contributed by atoms with van der Waals surface area (Å²) in [6, 6.07) is 8.17. The molecule has 3 heterocycles. The number of methoxy groups -OCH3 is 1. The van der Waals surface area contributed by atoms with Crippen LogP contribution in [-0.4, -0.2) is 55.0 Å². The minimum atomic E-state index is 0.120. The van der Waals surface area contributed by atoms with E-state index in [1.54, 1.807) is 13.2 Å². The van der Waals surface area contributed by atoms with Gasteiger partial charge in [0, 0.05) is 43.9 Å². The molecule has 2 bridgehead atoms. The zero-order chi connectivity index (χ0) is 14.7. The number of hydrogen-bond donors (Lipinski definition) is 0. The summed E-state index contributed by atoms with van der Waals surface area (Å²) in [5.74, 6) is 0.916. The van der Waals surface area contributed by atoms with Gasteiger partial charge in [-0.1, -0.05) is 18.2 Å². The number of rotatable bonds is 3. The second-order valence-electron chi connectivity index (χ2n) is 5.68. The van der Waals surface area contributed by atoms with Crippen LogP contribution in [-0.2, 0) is 4.79 Å². The van der Waals surface area contributed by atoms with Crippen LogP contribution in [0.1, 0.15) is 18.4 Å². The number of piperidine rings is 1. The van der Waals surface area contributed by atoms with Crippen molar-refractivity contribution in [2.75, 3.05) is 33.3 Å². The normalized spacial score (nSPS) is 25.1. The van der Waals surface area contributed by atoms with Crippen LogP contribution in [0.5, 0.6) is 5.75 Å². The van der Waals surface area contributed by atoms with E-state index in [0.717, 1.165) is 50.3 Å². The maximum Gasteiger partial charge on any atom is 0.246 e. The molecule has 0 saturated carbocycles. The largest absolute Gasteiger partial charge is 0.496 e. The van der Waals surface area contributed by atoms with Gasteiger partial charge in [0.1, 0.15) is 5.75 Å². The summed E-state index contributed by atoms with van der Waals surface area (Å²) in [4.78, 5) is 17.0. The molecule has 0 spiro atoms. The van der Waals surface area contributed by atoms with Crippen molar-refractivity contribution in [2.45, 2.75) is 18.9 Å². The summed E-state index contributed by atoms with van der Waals surface area (Å²) in [5, 5.41) is 0. The van der Waals surface area contributed by atoms with Crippen LogP contribution in [0, 0.1) is 0 Å². The minimum Gasteiger partial charge on any atom is -0.496 e. The molecule has 0 unspecified atom stereocenters. The van der Waals surface area contributed by atoms with Gasteiger partial charge < -0.3 is 14.5 Å². The van der Waals surface area contributed by atoms with Crippen molar-refractivity contribution in [3.63, 3.8) is 0 Å². The molecule has 21 heavy (non-hydrogen) atoms. The lowest BCUT2D eigenvalue weighted by atomic mass is 10.1. The summed E-state index contributed by atoms with van der Waals surface area (Å²) in [5.41, 5.74) is 0.941. The lowest BCUT2D eigenvalue weighted by Gasteiger charge is -2.30. The third kappa shape index (κ3) is 3.10. The van der Waals surface area contributed by atoms with Crippen LogP contribution >= 0.6 is 0 Å². The Labute approximate surface area is 126 Å². The van der Waals surface area contributed by atoms with Crippen molar-refractivity contribution < 1.29 is 9.53 Å². The lowest BCUT2D eigenvalue weighted by Crippen LogP contribution is -2.40. The number of carbonyl (C=O) groups is 1. The van der Waals surface area contributed by atoms with Crippen molar-refractivity contribution in [1.29, 1.82) is 0 Å². The Hall–Kier alpha value is -1.81. The molecule has 112 valence electrons. The van der Waals surface area contributed by atoms with E-state index in [1.165, 1.54) is 0 Å². The monoisotopic (exact) mass is 286 g/mol. The molecule has 0 aromatic heterocycles. The molecular formula is C17H22N2O2. The topological polar surface area (TPSA) is 32.8 Å². The van der Waals surface area contributed by atoms with E-state index in [4.69, 9.17) is 4.74 Å². The average Bonchev–Trinajstić information content (AvgIpc) is 2.86. The predicted molar refractivity (Wildman–Crippen MR) is 83.2 cm³/mol. The average molecular weight is 286 g/mol. The summed E-state index contributed by atoms with van der Waals surface area (Å²) in [7, 11) is 1.65. The predicted octanol–water partition coefficient (Wildman–Crippen LogP) is 2.01. The maximum absolute atomic E-state index is 12.5. The van der Waals surface area contributed by atoms with Gasteiger partial charge in [-0.15, -0.1) is 0 Å². The van der Waals surface area contributed by atoms with Gasteiger partial charge in [0.15, 0.2) is 0 Å². The highest BCUT2D eigenvalue weighted by atomic mass is 16.5. The second-order valence-corrected chi connectivity index (χ2v) is 5.68. The number of ether oxygens (including phenoxy) is 1. The highest BCUT2D eigenvalue weighted by Crippen LogP contribution is 2.22. The zero-order valence-corrected chi connectivity index (χ0v) is 12.5. The molecule has 1 aromatic rings. The third-order valence-corrected chi connectivity index (χ3v) is 4.48. The molecule has 0 aliphatic carbocycles. The Morgan fingerprint density at radius 1 is 1.19 bits per heavy atom. The number of carbonyl (C=O) groups excluding carboxylic acids is 1. The van der Waals surface area contributed by atoms with E-state index in [0.29, 0.717) is 6.04 Å². The smallest absolute Gasteiger partial charge is 0.246 e. The van der Waals surface area contributed by atoms with Gasteiger partial charge in [-0.2, -0.15) is 0 Å². The fraction of sp³-hybridized carbons (Fsp3) is 0.471. The van der Waals surface area contributed by atoms with Crippen LogP contribution in [0.4, 0.5) is 0 Å². The molecule has 0 atom stereocenters. The molecule has 4 heteroatoms. The van der Waals surface area contributed by atoms with Gasteiger partial charge in [-0.05, 0) is 25.0 Å². The first-order valence-electron chi connectivity index (χ1n) is 7.62. The van der Waals surface area contributed by atoms with E-state index < -0.39 is 0 Å². The van der Waals surface area contributed by atoms with E-state index in [-0.39, 0.29) is 5.91 Å². The molecule has 4 rings (SSSR count). The van der Waals surface area contributed by atoms with E-state index >= 15 is 0 Å². The number of benzene rings is 1. The summed E-state index contributed by atoms with van der Waals surface area (Å²) in [6.45, 7) is 4.11. The molecular weight excluding hydrogens is 264 g/mol. The molecule has 1 aromatic carbocycles. The number of amides is 1. The van der Waals surface area contributed by atoms with E-state index in [9.17, 15) is 4.79 Å². The lowest BCUT2D eigenvalue weighted by molar-refractivity contribution is -0.127. The van der Waals surface area contributed by atoms with Gasteiger partial charge in [0.05, 0.1) is 7.11 Å². The first-order chi connectivity index (χ1) is 10.3. The number of nitrogens with zero attached hydrogens (tertiary/aromatic N) is 2. The Morgan fingerprint density at radius 3 is 2.71 bits per heavy atom. The first-order valence-corrected chi connectivity index (χ1v) is 7.62. The van der Waals surface area contributed by atoms with Crippen LogP contribution in [0.3, 0.4) is 0 Å². The van der Waals surface area contributed by atoms with Crippen LogP contribution in [0.15, 0.2) is 30.3 Å². The Bertz CT molecular complexity index is 533. The van der Waals surface area contributed by atoms with Crippen molar-refractivity contribution >= 4 is 12.0 Å². The second kappa shape index (κ2) is 6.31. The Balaban J connectivity index is 1.72. The van der Waals surface area contributed by atoms with Crippen LogP contribution in [0.25, 0.3) is 6.08 Å². The molecule has 3 fully saturated rings. The standard InChI is InChI=1S/C17H22N2O2/c1-21-16-5-3-2-4-14(16)6-7-17(20)19-13-12-18-10-8-15(19)9-11-18/h2-7,15H,8-13H2,1H3/b7-6+. The minimum absolute atomic E-state index is 0.120. The van der Waals surface area contributed by atoms with Gasteiger partial charge in [0.2, 0.25) is 5.91 Å². The van der Waals surface area contributed by atoms with Crippen molar-refractivity contribution in [1.82, 2.24) is 9.80 Å². The van der Waals surface area contributed by atoms with Crippen LogP contribution < -0.4 is 4.74 Å².